The first-order chi connectivity index (χ1) is 19.1. The van der Waals surface area contributed by atoms with E-state index in [1.54, 1.807) is 43.6 Å². The Bertz CT molecular complexity index is 1610. The molecule has 0 radical (unpaired) electrons. The molecule has 11 nitrogen and oxygen atoms in total. The summed E-state index contributed by atoms with van der Waals surface area (Å²) >= 11 is 0. The zero-order chi connectivity index (χ0) is 28.6. The predicted octanol–water partition coefficient (Wildman–Crippen LogP) is 4.04. The van der Waals surface area contributed by atoms with Gasteiger partial charge in [0, 0.05) is 36.5 Å². The van der Waals surface area contributed by atoms with Gasteiger partial charge in [0.05, 0.1) is 37.2 Å². The molecule has 0 fully saturated rings. The van der Waals surface area contributed by atoms with Crippen molar-refractivity contribution < 1.29 is 18.7 Å². The van der Waals surface area contributed by atoms with Crippen LogP contribution in [0.2, 0.25) is 0 Å². The highest BCUT2D eigenvalue weighted by atomic mass is 19.1. The van der Waals surface area contributed by atoms with Gasteiger partial charge in [0.15, 0.2) is 11.3 Å². The minimum Gasteiger partial charge on any atom is -0.493 e. The minimum atomic E-state index is -0.819. The second kappa shape index (κ2) is 10.6. The number of rotatable bonds is 7. The van der Waals surface area contributed by atoms with Crippen LogP contribution in [0.4, 0.5) is 15.1 Å². The third-order valence-corrected chi connectivity index (χ3v) is 6.45. The molecule has 208 valence electrons. The third-order valence-electron chi connectivity index (χ3n) is 6.45. The maximum absolute atomic E-state index is 15.2. The van der Waals surface area contributed by atoms with Crippen molar-refractivity contribution in [2.24, 2.45) is 0 Å². The lowest BCUT2D eigenvalue weighted by molar-refractivity contribution is 0.0574. The number of carbonyl (C=O) groups excluding carboxylic acids is 1. The molecule has 0 saturated heterocycles. The van der Waals surface area contributed by atoms with Gasteiger partial charge in [-0.25, -0.2) is 24.1 Å². The highest BCUT2D eigenvalue weighted by Crippen LogP contribution is 2.33. The van der Waals surface area contributed by atoms with Gasteiger partial charge in [-0.3, -0.25) is 9.08 Å². The molecule has 0 unspecified atom stereocenters. The van der Waals surface area contributed by atoms with Crippen molar-refractivity contribution in [1.82, 2.24) is 29.0 Å². The zero-order valence-electron chi connectivity index (χ0n) is 23.2. The number of fused-ring (bicyclic) bond motifs is 2. The van der Waals surface area contributed by atoms with Crippen LogP contribution < -0.4 is 9.64 Å². The molecule has 4 aromatic rings. The molecule has 1 aromatic carbocycles. The Kier molecular flexibility index (Phi) is 7.16. The van der Waals surface area contributed by atoms with E-state index in [0.29, 0.717) is 47.7 Å². The van der Waals surface area contributed by atoms with Crippen LogP contribution in [-0.2, 0) is 24.2 Å². The van der Waals surface area contributed by atoms with E-state index in [2.05, 4.69) is 26.0 Å². The number of anilines is 1. The van der Waals surface area contributed by atoms with Crippen LogP contribution in [0.5, 0.6) is 5.75 Å². The van der Waals surface area contributed by atoms with E-state index in [1.807, 2.05) is 24.8 Å². The van der Waals surface area contributed by atoms with Gasteiger partial charge in [-0.2, -0.15) is 10.4 Å². The van der Waals surface area contributed by atoms with Crippen molar-refractivity contribution >= 4 is 17.7 Å². The zero-order valence-corrected chi connectivity index (χ0v) is 23.2. The molecule has 12 heteroatoms. The Morgan fingerprint density at radius 3 is 2.80 bits per heavy atom. The highest BCUT2D eigenvalue weighted by Gasteiger charge is 2.31. The van der Waals surface area contributed by atoms with Gasteiger partial charge >= 0.3 is 6.09 Å². The molecule has 0 N–H and O–H groups in total. The van der Waals surface area contributed by atoms with Crippen LogP contribution in [0.3, 0.4) is 0 Å². The molecule has 0 spiro atoms. The Balaban J connectivity index is 1.65. The van der Waals surface area contributed by atoms with Crippen molar-refractivity contribution in [1.29, 1.82) is 5.26 Å². The molecule has 0 saturated carbocycles. The first-order valence-electron chi connectivity index (χ1n) is 12.9. The summed E-state index contributed by atoms with van der Waals surface area (Å²) in [5, 5.41) is 14.1. The molecule has 0 atom stereocenters. The topological polar surface area (TPSA) is 114 Å². The molecule has 1 aliphatic rings. The van der Waals surface area contributed by atoms with Gasteiger partial charge in [-0.05, 0) is 53.1 Å². The Morgan fingerprint density at radius 1 is 1.27 bits per heavy atom. The van der Waals surface area contributed by atoms with E-state index in [-0.39, 0.29) is 18.2 Å². The lowest BCUT2D eigenvalue weighted by atomic mass is 10.0. The number of hydrogen-bond acceptors (Lipinski definition) is 8. The van der Waals surface area contributed by atoms with Gasteiger partial charge in [0.25, 0.3) is 0 Å². The largest absolute Gasteiger partial charge is 0.493 e. The van der Waals surface area contributed by atoms with Crippen LogP contribution in [0.25, 0.3) is 16.9 Å². The molecule has 3 aromatic heterocycles. The first kappa shape index (κ1) is 27.1. The first-order valence-corrected chi connectivity index (χ1v) is 12.9. The maximum atomic E-state index is 15.2. The number of ether oxygens (including phenoxy) is 2. The SMILES string of the molecule is CN(C)CCn1nccc1-c1cnc(N(Cc2c(F)ccc3c2CCO3)C(=O)OC(C)(C)C)n2cc(C#N)nc12. The van der Waals surface area contributed by atoms with Crippen LogP contribution in [0, 0.1) is 17.1 Å². The molecule has 1 aliphatic heterocycles. The second-order valence-corrected chi connectivity index (χ2v) is 10.8. The van der Waals surface area contributed by atoms with Crippen LogP contribution in [-0.4, -0.2) is 68.0 Å². The second-order valence-electron chi connectivity index (χ2n) is 10.8. The number of aromatic nitrogens is 5. The Morgan fingerprint density at radius 2 is 2.08 bits per heavy atom. The number of amides is 1. The quantitative estimate of drug-likeness (QED) is 0.341. The molecule has 40 heavy (non-hydrogen) atoms. The van der Waals surface area contributed by atoms with E-state index in [0.717, 1.165) is 12.2 Å². The van der Waals surface area contributed by atoms with Crippen LogP contribution in [0.1, 0.15) is 37.6 Å². The van der Waals surface area contributed by atoms with E-state index >= 15 is 4.39 Å². The fourth-order valence-corrected chi connectivity index (χ4v) is 4.61. The van der Waals surface area contributed by atoms with Gasteiger partial charge in [0.2, 0.25) is 5.95 Å². The summed E-state index contributed by atoms with van der Waals surface area (Å²) in [6.07, 6.45) is 4.60. The smallest absolute Gasteiger partial charge is 0.417 e. The standard InChI is InChI=1S/C28H31FN8O3/c1-28(2,3)40-27(38)36(17-21-19-9-13-39-24(19)7-6-22(21)29)26-31-15-20(25-33-18(14-30)16-35(25)26)23-8-10-32-37(23)12-11-34(4)5/h6-8,10,15-16H,9,11-13,17H2,1-5H3. The number of hydrogen-bond donors (Lipinski definition) is 0. The summed E-state index contributed by atoms with van der Waals surface area (Å²) in [7, 11) is 3.96. The number of halogens is 1. The normalized spacial score (nSPS) is 12.8. The summed E-state index contributed by atoms with van der Waals surface area (Å²) in [6, 6.07) is 6.85. The average molecular weight is 547 g/mol. The lowest BCUT2D eigenvalue weighted by Gasteiger charge is -2.28. The molecular formula is C28H31FN8O3. The van der Waals surface area contributed by atoms with E-state index in [1.165, 1.54) is 17.2 Å². The molecule has 4 heterocycles. The fraction of sp³-hybridized carbons (Fsp3) is 0.393. The number of imidazole rings is 1. The fourth-order valence-electron chi connectivity index (χ4n) is 4.61. The van der Waals surface area contributed by atoms with Crippen molar-refractivity contribution in [3.05, 3.63) is 59.4 Å². The van der Waals surface area contributed by atoms with Crippen LogP contribution in [0.15, 0.2) is 36.8 Å². The Labute approximate surface area is 231 Å². The van der Waals surface area contributed by atoms with Crippen LogP contribution >= 0.6 is 0 Å². The van der Waals surface area contributed by atoms with Crippen molar-refractivity contribution in [2.45, 2.75) is 45.9 Å². The number of nitrogens with zero attached hydrogens (tertiary/aromatic N) is 8. The number of benzene rings is 1. The van der Waals surface area contributed by atoms with E-state index in [4.69, 9.17) is 9.47 Å². The minimum absolute atomic E-state index is 0.136. The van der Waals surface area contributed by atoms with Crippen molar-refractivity contribution in [2.75, 3.05) is 32.1 Å². The number of nitriles is 1. The molecule has 0 aliphatic carbocycles. The van der Waals surface area contributed by atoms with Gasteiger partial charge in [0.1, 0.15) is 23.2 Å². The lowest BCUT2D eigenvalue weighted by Crippen LogP contribution is -2.38. The monoisotopic (exact) mass is 546 g/mol. The molecule has 5 rings (SSSR count). The Hall–Kier alpha value is -4.50. The van der Waals surface area contributed by atoms with E-state index in [9.17, 15) is 10.1 Å². The summed E-state index contributed by atoms with van der Waals surface area (Å²) in [6.45, 7) is 6.92. The van der Waals surface area contributed by atoms with Gasteiger partial charge in [-0.15, -0.1) is 0 Å². The molecule has 0 bridgehead atoms. The summed E-state index contributed by atoms with van der Waals surface area (Å²) in [4.78, 5) is 26.1. The average Bonchev–Trinajstić information content (AvgIpc) is 3.65. The van der Waals surface area contributed by atoms with Crippen molar-refractivity contribution in [3.8, 4) is 23.1 Å². The van der Waals surface area contributed by atoms with Gasteiger partial charge < -0.3 is 14.4 Å². The maximum Gasteiger partial charge on any atom is 0.417 e. The predicted molar refractivity (Wildman–Crippen MR) is 145 cm³/mol. The van der Waals surface area contributed by atoms with E-state index < -0.39 is 17.5 Å². The summed E-state index contributed by atoms with van der Waals surface area (Å²) in [5.74, 6) is 0.269. The summed E-state index contributed by atoms with van der Waals surface area (Å²) in [5.41, 5.74) is 2.14. The molecular weight excluding hydrogens is 515 g/mol. The van der Waals surface area contributed by atoms with Gasteiger partial charge in [-0.1, -0.05) is 0 Å². The third kappa shape index (κ3) is 5.33. The van der Waals surface area contributed by atoms with Crippen molar-refractivity contribution in [3.63, 3.8) is 0 Å². The number of likely N-dealkylation sites (N-methyl/N-ethyl adjacent to an activating group) is 1. The summed E-state index contributed by atoms with van der Waals surface area (Å²) < 4.78 is 29.9. The number of carbonyl (C=O) groups is 1. The highest BCUT2D eigenvalue weighted by molar-refractivity contribution is 5.87. The molecule has 1 amide bonds.